The normalized spacial score (nSPS) is 12.8. The van der Waals surface area contributed by atoms with Gasteiger partial charge in [-0.1, -0.05) is 131 Å². The molecule has 6 aromatic carbocycles. The summed E-state index contributed by atoms with van der Waals surface area (Å²) in [5.74, 6) is 0. The zero-order valence-corrected chi connectivity index (χ0v) is 23.3. The Kier molecular flexibility index (Phi) is 5.96. The van der Waals surface area contributed by atoms with Crippen molar-refractivity contribution in [2.45, 2.75) is 5.41 Å². The highest BCUT2D eigenvalue weighted by atomic mass is 79.9. The van der Waals surface area contributed by atoms with E-state index in [0.29, 0.717) is 5.56 Å². The summed E-state index contributed by atoms with van der Waals surface area (Å²) in [6, 6.07) is 54.0. The Bertz CT molecular complexity index is 1840. The summed E-state index contributed by atoms with van der Waals surface area (Å²) in [7, 11) is 0. The second kappa shape index (κ2) is 9.79. The molecule has 2 heteroatoms. The molecule has 0 atom stereocenters. The third kappa shape index (κ3) is 3.82. The van der Waals surface area contributed by atoms with E-state index in [-0.39, 0.29) is 0 Å². The standard InChI is InChI=1S/C38H24BrN/c39-33-20-22-35-34-21-19-30(29-17-15-28(16-18-29)27-13-11-26(25-40)12-14-27)23-36(34)38(37(35)24-33,31-7-3-1-4-8-31)32-9-5-2-6-10-32/h1-24H. The third-order valence-electron chi connectivity index (χ3n) is 8.08. The van der Waals surface area contributed by atoms with Gasteiger partial charge in [0.1, 0.15) is 0 Å². The van der Waals surface area contributed by atoms with Crippen LogP contribution >= 0.6 is 15.9 Å². The maximum atomic E-state index is 9.13. The van der Waals surface area contributed by atoms with Crippen molar-refractivity contribution in [3.8, 4) is 39.4 Å². The van der Waals surface area contributed by atoms with Crippen LogP contribution in [0.3, 0.4) is 0 Å². The Balaban J connectivity index is 1.42. The predicted octanol–water partition coefficient (Wildman–Crippen LogP) is 10.0. The van der Waals surface area contributed by atoms with Crippen LogP contribution in [0.25, 0.3) is 33.4 Å². The molecule has 40 heavy (non-hydrogen) atoms. The van der Waals surface area contributed by atoms with Crippen LogP contribution in [0.2, 0.25) is 0 Å². The number of rotatable bonds is 4. The maximum Gasteiger partial charge on any atom is 0.0991 e. The van der Waals surface area contributed by atoms with E-state index in [1.807, 2.05) is 24.3 Å². The lowest BCUT2D eigenvalue weighted by atomic mass is 9.67. The molecule has 0 unspecified atom stereocenters. The molecular formula is C38H24BrN. The van der Waals surface area contributed by atoms with Gasteiger partial charge in [-0.15, -0.1) is 0 Å². The quantitative estimate of drug-likeness (QED) is 0.205. The summed E-state index contributed by atoms with van der Waals surface area (Å²) in [5.41, 5.74) is 12.5. The lowest BCUT2D eigenvalue weighted by Crippen LogP contribution is -2.28. The second-order valence-corrected chi connectivity index (χ2v) is 11.1. The Labute approximate surface area is 243 Å². The Morgan fingerprint density at radius 3 is 1.48 bits per heavy atom. The van der Waals surface area contributed by atoms with Crippen LogP contribution in [0, 0.1) is 11.3 Å². The van der Waals surface area contributed by atoms with Gasteiger partial charge in [-0.2, -0.15) is 5.26 Å². The fourth-order valence-corrected chi connectivity index (χ4v) is 6.59. The number of fused-ring (bicyclic) bond motifs is 3. The van der Waals surface area contributed by atoms with Gasteiger partial charge in [-0.3, -0.25) is 0 Å². The van der Waals surface area contributed by atoms with Crippen molar-refractivity contribution in [1.29, 1.82) is 5.26 Å². The van der Waals surface area contributed by atoms with E-state index in [2.05, 4.69) is 143 Å². The molecule has 0 radical (unpaired) electrons. The van der Waals surface area contributed by atoms with Gasteiger partial charge >= 0.3 is 0 Å². The fourth-order valence-electron chi connectivity index (χ4n) is 6.23. The van der Waals surface area contributed by atoms with E-state index in [4.69, 9.17) is 5.26 Å². The van der Waals surface area contributed by atoms with Gasteiger partial charge in [-0.25, -0.2) is 0 Å². The highest BCUT2D eigenvalue weighted by molar-refractivity contribution is 9.10. The second-order valence-electron chi connectivity index (χ2n) is 10.2. The van der Waals surface area contributed by atoms with Gasteiger partial charge in [0.15, 0.2) is 0 Å². The Hall–Kier alpha value is -4.71. The molecule has 1 aliphatic carbocycles. The molecule has 0 heterocycles. The monoisotopic (exact) mass is 573 g/mol. The van der Waals surface area contributed by atoms with Crippen LogP contribution in [0.4, 0.5) is 0 Å². The van der Waals surface area contributed by atoms with Crippen LogP contribution in [-0.4, -0.2) is 0 Å². The van der Waals surface area contributed by atoms with E-state index in [0.717, 1.165) is 15.6 Å². The van der Waals surface area contributed by atoms with E-state index < -0.39 is 5.41 Å². The SMILES string of the molecule is N#Cc1ccc(-c2ccc(-c3ccc4c(c3)C(c3ccccc3)(c3ccccc3)c3cc(Br)ccc3-4)cc2)cc1. The van der Waals surface area contributed by atoms with Gasteiger partial charge < -0.3 is 0 Å². The van der Waals surface area contributed by atoms with E-state index in [1.165, 1.54) is 44.5 Å². The number of nitrogens with zero attached hydrogens (tertiary/aromatic N) is 1. The van der Waals surface area contributed by atoms with Gasteiger partial charge in [0.05, 0.1) is 17.0 Å². The van der Waals surface area contributed by atoms with Gasteiger partial charge in [0.2, 0.25) is 0 Å². The first kappa shape index (κ1) is 24.3. The van der Waals surface area contributed by atoms with Crippen molar-refractivity contribution in [3.05, 3.63) is 178 Å². The highest BCUT2D eigenvalue weighted by Crippen LogP contribution is 2.57. The molecule has 7 rings (SSSR count). The first-order valence-corrected chi connectivity index (χ1v) is 14.1. The molecule has 0 spiro atoms. The van der Waals surface area contributed by atoms with E-state index in [9.17, 15) is 0 Å². The van der Waals surface area contributed by atoms with E-state index in [1.54, 1.807) is 0 Å². The van der Waals surface area contributed by atoms with Crippen molar-refractivity contribution in [2.75, 3.05) is 0 Å². The fraction of sp³-hybridized carbons (Fsp3) is 0.0263. The minimum absolute atomic E-state index is 0.435. The first-order valence-electron chi connectivity index (χ1n) is 13.4. The highest BCUT2D eigenvalue weighted by Gasteiger charge is 2.46. The Morgan fingerprint density at radius 1 is 0.475 bits per heavy atom. The molecule has 0 saturated carbocycles. The predicted molar refractivity (Wildman–Crippen MR) is 167 cm³/mol. The lowest BCUT2D eigenvalue weighted by molar-refractivity contribution is 0.768. The molecule has 1 aliphatic rings. The van der Waals surface area contributed by atoms with Crippen molar-refractivity contribution >= 4 is 15.9 Å². The summed E-state index contributed by atoms with van der Waals surface area (Å²) in [6.45, 7) is 0. The summed E-state index contributed by atoms with van der Waals surface area (Å²) >= 11 is 3.78. The minimum atomic E-state index is -0.435. The topological polar surface area (TPSA) is 23.8 Å². The molecule has 0 saturated heterocycles. The lowest BCUT2D eigenvalue weighted by Gasteiger charge is -2.34. The van der Waals surface area contributed by atoms with E-state index >= 15 is 0 Å². The molecular weight excluding hydrogens is 550 g/mol. The molecule has 0 amide bonds. The Morgan fingerprint density at radius 2 is 0.925 bits per heavy atom. The van der Waals surface area contributed by atoms with Crippen molar-refractivity contribution in [1.82, 2.24) is 0 Å². The number of hydrogen-bond acceptors (Lipinski definition) is 1. The van der Waals surface area contributed by atoms with Gasteiger partial charge in [-0.05, 0) is 86.0 Å². The average Bonchev–Trinajstić information content (AvgIpc) is 3.31. The molecule has 188 valence electrons. The van der Waals surface area contributed by atoms with Gasteiger partial charge in [0.25, 0.3) is 0 Å². The molecule has 6 aromatic rings. The molecule has 0 N–H and O–H groups in total. The number of hydrogen-bond donors (Lipinski definition) is 0. The third-order valence-corrected chi connectivity index (χ3v) is 8.57. The molecule has 0 aliphatic heterocycles. The van der Waals surface area contributed by atoms with Crippen LogP contribution in [0.15, 0.2) is 150 Å². The largest absolute Gasteiger partial charge is 0.192 e. The van der Waals surface area contributed by atoms with Crippen LogP contribution in [0.1, 0.15) is 27.8 Å². The van der Waals surface area contributed by atoms with Crippen LogP contribution < -0.4 is 0 Å². The summed E-state index contributed by atoms with van der Waals surface area (Å²) in [6.07, 6.45) is 0. The summed E-state index contributed by atoms with van der Waals surface area (Å²) < 4.78 is 1.08. The van der Waals surface area contributed by atoms with Crippen LogP contribution in [-0.2, 0) is 5.41 Å². The maximum absolute atomic E-state index is 9.13. The smallest absolute Gasteiger partial charge is 0.0991 e. The van der Waals surface area contributed by atoms with Crippen molar-refractivity contribution in [2.24, 2.45) is 0 Å². The van der Waals surface area contributed by atoms with Crippen molar-refractivity contribution < 1.29 is 0 Å². The van der Waals surface area contributed by atoms with Crippen LogP contribution in [0.5, 0.6) is 0 Å². The zero-order chi connectivity index (χ0) is 27.1. The molecule has 0 fully saturated rings. The number of nitriles is 1. The number of halogens is 1. The number of benzene rings is 6. The van der Waals surface area contributed by atoms with Crippen molar-refractivity contribution in [3.63, 3.8) is 0 Å². The van der Waals surface area contributed by atoms with Gasteiger partial charge in [0, 0.05) is 4.47 Å². The molecule has 0 aromatic heterocycles. The summed E-state index contributed by atoms with van der Waals surface area (Å²) in [4.78, 5) is 0. The first-order chi connectivity index (χ1) is 19.7. The molecule has 1 nitrogen and oxygen atoms in total. The summed E-state index contributed by atoms with van der Waals surface area (Å²) in [5, 5.41) is 9.13. The average molecular weight is 575 g/mol. The molecule has 0 bridgehead atoms. The zero-order valence-electron chi connectivity index (χ0n) is 21.7. The minimum Gasteiger partial charge on any atom is -0.192 e.